The summed E-state index contributed by atoms with van der Waals surface area (Å²) in [6.07, 6.45) is 0. The highest BCUT2D eigenvalue weighted by atomic mass is 35.5. The van der Waals surface area contributed by atoms with Gasteiger partial charge in [0.05, 0.1) is 29.3 Å². The summed E-state index contributed by atoms with van der Waals surface area (Å²) < 4.78 is 0. The summed E-state index contributed by atoms with van der Waals surface area (Å²) in [5.41, 5.74) is -0.244. The van der Waals surface area contributed by atoms with Crippen molar-refractivity contribution in [3.63, 3.8) is 0 Å². The third-order valence-electron chi connectivity index (χ3n) is 2.45. The van der Waals surface area contributed by atoms with Crippen LogP contribution in [-0.2, 0) is 0 Å². The Labute approximate surface area is 93.3 Å². The van der Waals surface area contributed by atoms with Gasteiger partial charge in [0.15, 0.2) is 0 Å². The number of halogens is 1. The smallest absolute Gasteiger partial charge is 0.255 e. The minimum absolute atomic E-state index is 0.118. The first-order chi connectivity index (χ1) is 6.99. The van der Waals surface area contributed by atoms with Crippen LogP contribution in [0, 0.1) is 0 Å². The van der Waals surface area contributed by atoms with Crippen molar-refractivity contribution in [1.29, 1.82) is 0 Å². The molecule has 1 aliphatic heterocycles. The molecule has 1 fully saturated rings. The number of amides is 1. The summed E-state index contributed by atoms with van der Waals surface area (Å²) in [7, 11) is 0. The van der Waals surface area contributed by atoms with Gasteiger partial charge in [-0.15, -0.1) is 0 Å². The zero-order chi connectivity index (χ0) is 11.1. The number of β-amino-alcohol motifs (C(OH)–C–C–N with tert-alkyl or cyclic N) is 1. The molecule has 1 amide bonds. The Morgan fingerprint density at radius 2 is 2.07 bits per heavy atom. The Morgan fingerprint density at radius 1 is 1.47 bits per heavy atom. The van der Waals surface area contributed by atoms with E-state index >= 15 is 0 Å². The van der Waals surface area contributed by atoms with E-state index < -0.39 is 5.60 Å². The van der Waals surface area contributed by atoms with Crippen molar-refractivity contribution in [2.24, 2.45) is 0 Å². The molecule has 1 saturated heterocycles. The Bertz CT molecular complexity index is 395. The van der Waals surface area contributed by atoms with Crippen LogP contribution in [0.5, 0.6) is 0 Å². The number of aliphatic hydroxyl groups is 1. The molecule has 0 unspecified atom stereocenters. The van der Waals surface area contributed by atoms with E-state index in [0.29, 0.717) is 23.7 Å². The molecule has 0 radical (unpaired) electrons. The third kappa shape index (κ3) is 1.98. The molecule has 0 aliphatic carbocycles. The number of carbonyl (C=O) groups is 1. The molecule has 2 rings (SSSR count). The number of carbonyl (C=O) groups excluding carboxylic acids is 1. The SMILES string of the molecule is CC1(O)CN(C(=O)c2ccccc2Cl)C1. The molecule has 0 saturated carbocycles. The molecule has 15 heavy (non-hydrogen) atoms. The van der Waals surface area contributed by atoms with Crippen molar-refractivity contribution < 1.29 is 9.90 Å². The lowest BCUT2D eigenvalue weighted by Gasteiger charge is -2.44. The standard InChI is InChI=1S/C11H12ClNO2/c1-11(15)6-13(7-11)10(14)8-4-2-3-5-9(8)12/h2-5,15H,6-7H2,1H3. The number of rotatable bonds is 1. The van der Waals surface area contributed by atoms with Crippen LogP contribution in [0.4, 0.5) is 0 Å². The number of hydrogen-bond donors (Lipinski definition) is 1. The maximum absolute atomic E-state index is 11.9. The zero-order valence-electron chi connectivity index (χ0n) is 8.40. The zero-order valence-corrected chi connectivity index (χ0v) is 9.16. The minimum Gasteiger partial charge on any atom is -0.386 e. The normalized spacial score (nSPS) is 18.5. The average Bonchev–Trinajstić information content (AvgIpc) is 2.14. The molecule has 1 heterocycles. The molecule has 1 aromatic carbocycles. The summed E-state index contributed by atoms with van der Waals surface area (Å²) in [5, 5.41) is 9.97. The summed E-state index contributed by atoms with van der Waals surface area (Å²) in [4.78, 5) is 13.5. The summed E-state index contributed by atoms with van der Waals surface area (Å²) in [6, 6.07) is 6.94. The van der Waals surface area contributed by atoms with Gasteiger partial charge in [-0.05, 0) is 19.1 Å². The lowest BCUT2D eigenvalue weighted by molar-refractivity contribution is -0.0668. The molecule has 0 spiro atoms. The van der Waals surface area contributed by atoms with Gasteiger partial charge in [0.1, 0.15) is 0 Å². The van der Waals surface area contributed by atoms with Gasteiger partial charge in [0, 0.05) is 0 Å². The van der Waals surface area contributed by atoms with Gasteiger partial charge in [-0.2, -0.15) is 0 Å². The Morgan fingerprint density at radius 3 is 2.60 bits per heavy atom. The fourth-order valence-electron chi connectivity index (χ4n) is 1.72. The Balaban J connectivity index is 2.14. The molecule has 1 aromatic rings. The van der Waals surface area contributed by atoms with Crippen molar-refractivity contribution in [3.8, 4) is 0 Å². The molecule has 0 aromatic heterocycles. The Hall–Kier alpha value is -1.06. The summed E-state index contributed by atoms with van der Waals surface area (Å²) >= 11 is 5.91. The van der Waals surface area contributed by atoms with Crippen LogP contribution < -0.4 is 0 Å². The summed E-state index contributed by atoms with van der Waals surface area (Å²) in [5.74, 6) is -0.118. The highest BCUT2D eigenvalue weighted by Gasteiger charge is 2.39. The van der Waals surface area contributed by atoms with Crippen molar-refractivity contribution >= 4 is 17.5 Å². The van der Waals surface area contributed by atoms with Crippen LogP contribution in [0.2, 0.25) is 5.02 Å². The van der Waals surface area contributed by atoms with E-state index in [1.54, 1.807) is 36.1 Å². The largest absolute Gasteiger partial charge is 0.386 e. The number of benzene rings is 1. The first-order valence-corrected chi connectivity index (χ1v) is 5.14. The second-order valence-electron chi connectivity index (χ2n) is 4.14. The van der Waals surface area contributed by atoms with Gasteiger partial charge < -0.3 is 10.0 Å². The molecule has 3 nitrogen and oxygen atoms in total. The van der Waals surface area contributed by atoms with Gasteiger partial charge in [0.25, 0.3) is 5.91 Å². The second-order valence-corrected chi connectivity index (χ2v) is 4.55. The van der Waals surface area contributed by atoms with Crippen molar-refractivity contribution in [3.05, 3.63) is 34.9 Å². The van der Waals surface area contributed by atoms with Crippen LogP contribution in [0.25, 0.3) is 0 Å². The quantitative estimate of drug-likeness (QED) is 0.788. The highest BCUT2D eigenvalue weighted by molar-refractivity contribution is 6.33. The van der Waals surface area contributed by atoms with E-state index in [-0.39, 0.29) is 5.91 Å². The molecule has 0 atom stereocenters. The molecule has 4 heteroatoms. The van der Waals surface area contributed by atoms with E-state index in [9.17, 15) is 9.90 Å². The Kier molecular flexibility index (Phi) is 2.44. The molecule has 1 N–H and O–H groups in total. The molecular weight excluding hydrogens is 214 g/mol. The lowest BCUT2D eigenvalue weighted by Crippen LogP contribution is -2.61. The maximum atomic E-state index is 11.9. The number of nitrogens with zero attached hydrogens (tertiary/aromatic N) is 1. The van der Waals surface area contributed by atoms with Gasteiger partial charge in [-0.3, -0.25) is 4.79 Å². The van der Waals surface area contributed by atoms with E-state index in [1.165, 1.54) is 0 Å². The first-order valence-electron chi connectivity index (χ1n) is 4.76. The van der Waals surface area contributed by atoms with E-state index in [1.807, 2.05) is 0 Å². The van der Waals surface area contributed by atoms with Crippen molar-refractivity contribution in [2.75, 3.05) is 13.1 Å². The van der Waals surface area contributed by atoms with Gasteiger partial charge >= 0.3 is 0 Å². The third-order valence-corrected chi connectivity index (χ3v) is 2.78. The van der Waals surface area contributed by atoms with E-state index in [0.717, 1.165) is 0 Å². The number of likely N-dealkylation sites (tertiary alicyclic amines) is 1. The molecule has 0 bridgehead atoms. The van der Waals surface area contributed by atoms with Gasteiger partial charge in [0.2, 0.25) is 0 Å². The maximum Gasteiger partial charge on any atom is 0.255 e. The molecule has 1 aliphatic rings. The minimum atomic E-state index is -0.739. The molecule has 80 valence electrons. The fourth-order valence-corrected chi connectivity index (χ4v) is 1.94. The van der Waals surface area contributed by atoms with Crippen LogP contribution in [0.15, 0.2) is 24.3 Å². The van der Waals surface area contributed by atoms with Crippen LogP contribution in [0.1, 0.15) is 17.3 Å². The van der Waals surface area contributed by atoms with E-state index in [2.05, 4.69) is 0 Å². The topological polar surface area (TPSA) is 40.5 Å². The fraction of sp³-hybridized carbons (Fsp3) is 0.364. The second kappa shape index (κ2) is 3.51. The monoisotopic (exact) mass is 225 g/mol. The van der Waals surface area contributed by atoms with E-state index in [4.69, 9.17) is 11.6 Å². The highest BCUT2D eigenvalue weighted by Crippen LogP contribution is 2.24. The summed E-state index contributed by atoms with van der Waals surface area (Å²) in [6.45, 7) is 2.46. The average molecular weight is 226 g/mol. The van der Waals surface area contributed by atoms with Gasteiger partial charge in [-0.1, -0.05) is 23.7 Å². The predicted molar refractivity (Wildman–Crippen MR) is 58.0 cm³/mol. The van der Waals surface area contributed by atoms with Crippen LogP contribution >= 0.6 is 11.6 Å². The van der Waals surface area contributed by atoms with Crippen molar-refractivity contribution in [2.45, 2.75) is 12.5 Å². The van der Waals surface area contributed by atoms with Crippen LogP contribution in [0.3, 0.4) is 0 Å². The molecular formula is C11H12ClNO2. The lowest BCUT2D eigenvalue weighted by atomic mass is 9.96. The predicted octanol–water partition coefficient (Wildman–Crippen LogP) is 1.55. The van der Waals surface area contributed by atoms with Crippen molar-refractivity contribution in [1.82, 2.24) is 4.90 Å². The number of hydrogen-bond acceptors (Lipinski definition) is 2. The van der Waals surface area contributed by atoms with Crippen LogP contribution in [-0.4, -0.2) is 34.6 Å². The first kappa shape index (κ1) is 10.5. The van der Waals surface area contributed by atoms with Gasteiger partial charge in [-0.25, -0.2) is 0 Å².